The predicted octanol–water partition coefficient (Wildman–Crippen LogP) is 1.72. The Morgan fingerprint density at radius 3 is 2.60 bits per heavy atom. The van der Waals surface area contributed by atoms with E-state index in [4.69, 9.17) is 9.47 Å². The van der Waals surface area contributed by atoms with Gasteiger partial charge in [0, 0.05) is 13.0 Å². The first-order chi connectivity index (χ1) is 14.3. The van der Waals surface area contributed by atoms with Crippen LogP contribution in [0.4, 0.5) is 9.18 Å². The zero-order valence-electron chi connectivity index (χ0n) is 16.2. The summed E-state index contributed by atoms with van der Waals surface area (Å²) < 4.78 is 23.6. The Morgan fingerprint density at radius 1 is 1.13 bits per heavy atom. The van der Waals surface area contributed by atoms with E-state index < -0.39 is 29.9 Å². The number of carbonyl (C=O) groups excluding carboxylic acids is 3. The lowest BCUT2D eigenvalue weighted by Gasteiger charge is -2.22. The number of amides is 4. The van der Waals surface area contributed by atoms with Crippen LogP contribution in [0.5, 0.6) is 11.5 Å². The predicted molar refractivity (Wildman–Crippen MR) is 103 cm³/mol. The maximum Gasteiger partial charge on any atom is 0.325 e. The Labute approximate surface area is 171 Å². The molecular weight excluding hydrogens is 393 g/mol. The SMILES string of the molecule is C[C@@]1(Cc2ccc3c(c2)OCO3)NC(=O)N(CC(=O)NCc2ccc(F)cc2)C1=O. The van der Waals surface area contributed by atoms with Gasteiger partial charge >= 0.3 is 6.03 Å². The van der Waals surface area contributed by atoms with Gasteiger partial charge in [-0.3, -0.25) is 14.5 Å². The van der Waals surface area contributed by atoms with Gasteiger partial charge in [-0.05, 0) is 42.3 Å². The molecule has 2 heterocycles. The molecule has 0 spiro atoms. The zero-order valence-corrected chi connectivity index (χ0v) is 16.2. The van der Waals surface area contributed by atoms with Gasteiger partial charge in [0.2, 0.25) is 12.7 Å². The molecule has 0 bridgehead atoms. The first kappa shape index (κ1) is 19.7. The molecule has 0 radical (unpaired) electrons. The van der Waals surface area contributed by atoms with Gasteiger partial charge in [0.1, 0.15) is 17.9 Å². The van der Waals surface area contributed by atoms with Crippen molar-refractivity contribution in [1.82, 2.24) is 15.5 Å². The molecule has 156 valence electrons. The van der Waals surface area contributed by atoms with E-state index in [1.807, 2.05) is 0 Å². The van der Waals surface area contributed by atoms with Crippen LogP contribution in [-0.2, 0) is 22.6 Å². The lowest BCUT2D eigenvalue weighted by Crippen LogP contribution is -2.46. The summed E-state index contributed by atoms with van der Waals surface area (Å²) in [5.74, 6) is -0.126. The van der Waals surface area contributed by atoms with Crippen LogP contribution in [0.15, 0.2) is 42.5 Å². The molecule has 4 rings (SSSR count). The Morgan fingerprint density at radius 2 is 1.83 bits per heavy atom. The molecule has 0 aliphatic carbocycles. The van der Waals surface area contributed by atoms with E-state index in [0.29, 0.717) is 17.1 Å². The average Bonchev–Trinajstić information content (AvgIpc) is 3.25. The molecule has 2 aliphatic heterocycles. The van der Waals surface area contributed by atoms with Gasteiger partial charge in [0.25, 0.3) is 5.91 Å². The number of nitrogens with zero attached hydrogens (tertiary/aromatic N) is 1. The van der Waals surface area contributed by atoms with E-state index >= 15 is 0 Å². The highest BCUT2D eigenvalue weighted by Crippen LogP contribution is 2.34. The number of carbonyl (C=O) groups is 3. The fourth-order valence-electron chi connectivity index (χ4n) is 3.47. The van der Waals surface area contributed by atoms with Crippen molar-refractivity contribution in [3.05, 3.63) is 59.4 Å². The summed E-state index contributed by atoms with van der Waals surface area (Å²) in [7, 11) is 0. The van der Waals surface area contributed by atoms with Crippen LogP contribution in [0.25, 0.3) is 0 Å². The van der Waals surface area contributed by atoms with E-state index in [-0.39, 0.29) is 25.6 Å². The first-order valence-electron chi connectivity index (χ1n) is 9.38. The van der Waals surface area contributed by atoms with Gasteiger partial charge in [0.05, 0.1) is 0 Å². The average molecular weight is 413 g/mol. The standard InChI is InChI=1S/C21H20FN3O5/c1-21(9-14-4-7-16-17(8-14)30-12-29-16)19(27)25(20(28)24-21)11-18(26)23-10-13-2-5-15(22)6-3-13/h2-8H,9-12H2,1H3,(H,23,26)(H,24,28)/t21-/m0/s1. The molecule has 1 fully saturated rings. The molecule has 2 aromatic rings. The van der Waals surface area contributed by atoms with Crippen LogP contribution >= 0.6 is 0 Å². The molecular formula is C21H20FN3O5. The molecule has 0 unspecified atom stereocenters. The van der Waals surface area contributed by atoms with Crippen molar-refractivity contribution >= 4 is 17.8 Å². The zero-order chi connectivity index (χ0) is 21.3. The van der Waals surface area contributed by atoms with Crippen LogP contribution in [0.3, 0.4) is 0 Å². The number of hydrogen-bond acceptors (Lipinski definition) is 5. The van der Waals surface area contributed by atoms with Gasteiger partial charge in [-0.2, -0.15) is 0 Å². The topological polar surface area (TPSA) is 97.0 Å². The van der Waals surface area contributed by atoms with E-state index in [2.05, 4.69) is 10.6 Å². The molecule has 0 aromatic heterocycles. The molecule has 8 nitrogen and oxygen atoms in total. The van der Waals surface area contributed by atoms with Crippen LogP contribution in [-0.4, -0.2) is 41.6 Å². The lowest BCUT2D eigenvalue weighted by molar-refractivity contribution is -0.134. The minimum Gasteiger partial charge on any atom is -0.454 e. The van der Waals surface area contributed by atoms with Crippen molar-refractivity contribution < 1.29 is 28.2 Å². The number of benzene rings is 2. The van der Waals surface area contributed by atoms with Crippen molar-refractivity contribution in [2.24, 2.45) is 0 Å². The van der Waals surface area contributed by atoms with Crippen LogP contribution in [0.1, 0.15) is 18.1 Å². The highest BCUT2D eigenvalue weighted by molar-refractivity contribution is 6.08. The van der Waals surface area contributed by atoms with Crippen LogP contribution < -0.4 is 20.1 Å². The maximum atomic E-state index is 12.9. The number of halogens is 1. The minimum absolute atomic E-state index is 0.145. The van der Waals surface area contributed by atoms with Gasteiger partial charge in [-0.25, -0.2) is 9.18 Å². The number of rotatable bonds is 6. The Hall–Kier alpha value is -3.62. The van der Waals surface area contributed by atoms with E-state index in [1.165, 1.54) is 12.1 Å². The van der Waals surface area contributed by atoms with Gasteiger partial charge < -0.3 is 20.1 Å². The summed E-state index contributed by atoms with van der Waals surface area (Å²) in [5, 5.41) is 5.30. The van der Waals surface area contributed by atoms with Gasteiger partial charge in [0.15, 0.2) is 11.5 Å². The van der Waals surface area contributed by atoms with Gasteiger partial charge in [-0.1, -0.05) is 18.2 Å². The first-order valence-corrected chi connectivity index (χ1v) is 9.38. The Kier molecular flexibility index (Phi) is 5.03. The molecule has 2 N–H and O–H groups in total. The highest BCUT2D eigenvalue weighted by atomic mass is 19.1. The molecule has 0 saturated carbocycles. The minimum atomic E-state index is -1.18. The summed E-state index contributed by atoms with van der Waals surface area (Å²) in [4.78, 5) is 38.4. The molecule has 4 amide bonds. The van der Waals surface area contributed by atoms with Crippen molar-refractivity contribution in [2.45, 2.75) is 25.4 Å². The Balaban J connectivity index is 1.38. The number of hydrogen-bond donors (Lipinski definition) is 2. The largest absolute Gasteiger partial charge is 0.454 e. The summed E-state index contributed by atoms with van der Waals surface area (Å²) in [6.07, 6.45) is 0.238. The highest BCUT2D eigenvalue weighted by Gasteiger charge is 2.48. The fraction of sp³-hybridized carbons (Fsp3) is 0.286. The summed E-state index contributed by atoms with van der Waals surface area (Å²) in [6.45, 7) is 1.53. The van der Waals surface area contributed by atoms with Crippen molar-refractivity contribution in [3.8, 4) is 11.5 Å². The number of ether oxygens (including phenoxy) is 2. The molecule has 30 heavy (non-hydrogen) atoms. The Bertz CT molecular complexity index is 1010. The number of urea groups is 1. The number of fused-ring (bicyclic) bond motifs is 1. The molecule has 2 aliphatic rings. The van der Waals surface area contributed by atoms with E-state index in [0.717, 1.165) is 10.5 Å². The smallest absolute Gasteiger partial charge is 0.325 e. The summed E-state index contributed by atoms with van der Waals surface area (Å²) >= 11 is 0. The van der Waals surface area contributed by atoms with E-state index in [1.54, 1.807) is 37.3 Å². The maximum absolute atomic E-state index is 12.9. The second kappa shape index (κ2) is 7.66. The third-order valence-electron chi connectivity index (χ3n) is 5.04. The molecule has 1 saturated heterocycles. The fourth-order valence-corrected chi connectivity index (χ4v) is 3.47. The summed E-state index contributed by atoms with van der Waals surface area (Å²) in [5.41, 5.74) is 0.315. The van der Waals surface area contributed by atoms with Gasteiger partial charge in [-0.15, -0.1) is 0 Å². The normalized spacial score (nSPS) is 19.7. The number of imide groups is 1. The quantitative estimate of drug-likeness (QED) is 0.703. The third kappa shape index (κ3) is 3.91. The van der Waals surface area contributed by atoms with Crippen molar-refractivity contribution in [3.63, 3.8) is 0 Å². The monoisotopic (exact) mass is 413 g/mol. The van der Waals surface area contributed by atoms with Crippen molar-refractivity contribution in [1.29, 1.82) is 0 Å². The second-order valence-electron chi connectivity index (χ2n) is 7.42. The van der Waals surface area contributed by atoms with Crippen molar-refractivity contribution in [2.75, 3.05) is 13.3 Å². The third-order valence-corrected chi connectivity index (χ3v) is 5.04. The van der Waals surface area contributed by atoms with Crippen LogP contribution in [0.2, 0.25) is 0 Å². The molecule has 9 heteroatoms. The second-order valence-corrected chi connectivity index (χ2v) is 7.42. The molecule has 1 atom stereocenters. The molecule has 2 aromatic carbocycles. The summed E-state index contributed by atoms with van der Waals surface area (Å²) in [6, 6.07) is 10.4. The van der Waals surface area contributed by atoms with E-state index in [9.17, 15) is 18.8 Å². The lowest BCUT2D eigenvalue weighted by atomic mass is 9.92. The van der Waals surface area contributed by atoms with Crippen LogP contribution in [0, 0.1) is 5.82 Å². The number of nitrogens with one attached hydrogen (secondary N) is 2.